The summed E-state index contributed by atoms with van der Waals surface area (Å²) in [5.41, 5.74) is 5.03. The molecule has 1 aromatic rings. The summed E-state index contributed by atoms with van der Waals surface area (Å²) in [5, 5.41) is 2.27. The largest absolute Gasteiger partial charge is 0.382 e. The maximum atomic E-state index is 10.0. The lowest BCUT2D eigenvalue weighted by atomic mass is 10.5. The molecule has 0 radical (unpaired) electrons. The van der Waals surface area contributed by atoms with Crippen molar-refractivity contribution in [3.63, 3.8) is 0 Å². The number of hydrogen-bond acceptors (Lipinski definition) is 5. The Kier molecular flexibility index (Phi) is 2.21. The van der Waals surface area contributed by atoms with Crippen LogP contribution in [-0.4, -0.2) is 9.97 Å². The molecule has 0 saturated carbocycles. The fourth-order valence-electron chi connectivity index (χ4n) is 0.501. The molecule has 1 aromatic heterocycles. The van der Waals surface area contributed by atoms with Crippen LogP contribution < -0.4 is 5.73 Å². The molecule has 0 saturated heterocycles. The lowest BCUT2D eigenvalue weighted by Crippen LogP contribution is -1.93. The van der Waals surface area contributed by atoms with Gasteiger partial charge in [-0.1, -0.05) is 11.6 Å². The van der Waals surface area contributed by atoms with Gasteiger partial charge >= 0.3 is 0 Å². The molecule has 11 heavy (non-hydrogen) atoms. The number of rotatable bonds is 1. The number of nitrogen functional groups attached to an aromatic ring is 1. The van der Waals surface area contributed by atoms with Crippen molar-refractivity contribution in [3.8, 4) is 0 Å². The maximum Gasteiger partial charge on any atom is 0.225 e. The minimum atomic E-state index is -0.184. The van der Waals surface area contributed by atoms with Gasteiger partial charge in [0.15, 0.2) is 16.7 Å². The molecular formula is C4H2Cl2N4O. The van der Waals surface area contributed by atoms with Crippen molar-refractivity contribution in [1.29, 1.82) is 0 Å². The van der Waals surface area contributed by atoms with Gasteiger partial charge in [0.1, 0.15) is 0 Å². The Bertz CT molecular complexity index is 279. The number of anilines is 1. The van der Waals surface area contributed by atoms with E-state index in [4.69, 9.17) is 28.9 Å². The van der Waals surface area contributed by atoms with Crippen LogP contribution in [0.1, 0.15) is 0 Å². The van der Waals surface area contributed by atoms with Crippen LogP contribution in [0.25, 0.3) is 0 Å². The second-order valence-electron chi connectivity index (χ2n) is 1.61. The normalized spacial score (nSPS) is 9.64. The van der Waals surface area contributed by atoms with Gasteiger partial charge in [-0.25, -0.2) is 4.98 Å². The van der Waals surface area contributed by atoms with Crippen LogP contribution >= 0.6 is 23.2 Å². The topological polar surface area (TPSA) is 81.2 Å². The zero-order valence-corrected chi connectivity index (χ0v) is 6.60. The minimum Gasteiger partial charge on any atom is -0.382 e. The fraction of sp³-hybridized carbons (Fsp3) is 0. The van der Waals surface area contributed by atoms with Crippen LogP contribution in [0.5, 0.6) is 0 Å². The monoisotopic (exact) mass is 192 g/mol. The van der Waals surface area contributed by atoms with Crippen LogP contribution in [0.3, 0.4) is 0 Å². The summed E-state index contributed by atoms with van der Waals surface area (Å²) in [4.78, 5) is 16.9. The first kappa shape index (κ1) is 8.16. The highest BCUT2D eigenvalue weighted by Gasteiger charge is 2.09. The maximum absolute atomic E-state index is 10.0. The Hall–Kier alpha value is -0.940. The Morgan fingerprint density at radius 3 is 2.45 bits per heavy atom. The number of aromatic nitrogens is 2. The van der Waals surface area contributed by atoms with Crippen LogP contribution in [0.2, 0.25) is 10.4 Å². The van der Waals surface area contributed by atoms with Crippen LogP contribution in [-0.2, 0) is 0 Å². The molecule has 1 heterocycles. The summed E-state index contributed by atoms with van der Waals surface area (Å²) in [7, 11) is 0. The van der Waals surface area contributed by atoms with E-state index in [2.05, 4.69) is 15.1 Å². The van der Waals surface area contributed by atoms with Crippen molar-refractivity contribution in [2.45, 2.75) is 0 Å². The lowest BCUT2D eigenvalue weighted by Gasteiger charge is -1.96. The SMILES string of the molecule is Nc1nc(Cl)nc(Cl)c1N=O. The molecule has 0 aliphatic heterocycles. The molecular weight excluding hydrogens is 191 g/mol. The first-order chi connectivity index (χ1) is 5.15. The van der Waals surface area contributed by atoms with Crippen molar-refractivity contribution in [1.82, 2.24) is 9.97 Å². The zero-order valence-electron chi connectivity index (χ0n) is 5.08. The molecule has 0 bridgehead atoms. The first-order valence-corrected chi connectivity index (χ1v) is 3.22. The highest BCUT2D eigenvalue weighted by Crippen LogP contribution is 2.28. The van der Waals surface area contributed by atoms with E-state index in [1.54, 1.807) is 0 Å². The van der Waals surface area contributed by atoms with E-state index < -0.39 is 0 Å². The predicted molar refractivity (Wildman–Crippen MR) is 41.9 cm³/mol. The number of halogens is 2. The summed E-state index contributed by atoms with van der Waals surface area (Å²) in [6.07, 6.45) is 0. The standard InChI is InChI=1S/C4H2Cl2N4O/c5-2-1(10-11)3(7)9-4(6)8-2/h(H2,7,8,9). The molecule has 0 unspecified atom stereocenters. The fourth-order valence-corrected chi connectivity index (χ4v) is 0.932. The number of nitroso groups, excluding NO2 is 1. The quantitative estimate of drug-likeness (QED) is 0.418. The second kappa shape index (κ2) is 2.98. The first-order valence-electron chi connectivity index (χ1n) is 2.47. The molecule has 2 N–H and O–H groups in total. The van der Waals surface area contributed by atoms with Gasteiger partial charge in [-0.15, -0.1) is 4.91 Å². The Morgan fingerprint density at radius 2 is 2.00 bits per heavy atom. The van der Waals surface area contributed by atoms with Gasteiger partial charge in [-0.05, 0) is 16.8 Å². The van der Waals surface area contributed by atoms with E-state index in [-0.39, 0.29) is 21.9 Å². The van der Waals surface area contributed by atoms with Crippen molar-refractivity contribution in [2.24, 2.45) is 5.18 Å². The molecule has 0 atom stereocenters. The minimum absolute atomic E-state index is 0.111. The van der Waals surface area contributed by atoms with E-state index in [0.717, 1.165) is 0 Å². The van der Waals surface area contributed by atoms with E-state index in [9.17, 15) is 4.91 Å². The van der Waals surface area contributed by atoms with Gasteiger partial charge in [0, 0.05) is 0 Å². The third-order valence-electron chi connectivity index (χ3n) is 0.932. The smallest absolute Gasteiger partial charge is 0.225 e. The van der Waals surface area contributed by atoms with Gasteiger partial charge in [-0.2, -0.15) is 4.98 Å². The molecule has 0 amide bonds. The van der Waals surface area contributed by atoms with Gasteiger partial charge in [0.25, 0.3) is 0 Å². The molecule has 58 valence electrons. The van der Waals surface area contributed by atoms with Crippen LogP contribution in [0.15, 0.2) is 5.18 Å². The third-order valence-corrected chi connectivity index (χ3v) is 1.36. The number of hydrogen-bond donors (Lipinski definition) is 1. The van der Waals surface area contributed by atoms with Gasteiger partial charge in [0.2, 0.25) is 5.28 Å². The van der Waals surface area contributed by atoms with Crippen LogP contribution in [0.4, 0.5) is 11.5 Å². The highest BCUT2D eigenvalue weighted by atomic mass is 35.5. The number of nitrogens with two attached hydrogens (primary N) is 1. The average molecular weight is 193 g/mol. The zero-order chi connectivity index (χ0) is 8.43. The summed E-state index contributed by atoms with van der Waals surface area (Å²) in [6.45, 7) is 0. The third kappa shape index (κ3) is 1.55. The molecule has 0 fully saturated rings. The van der Waals surface area contributed by atoms with E-state index in [1.807, 2.05) is 0 Å². The Morgan fingerprint density at radius 1 is 1.36 bits per heavy atom. The van der Waals surface area contributed by atoms with Crippen molar-refractivity contribution >= 4 is 34.7 Å². The number of nitrogens with zero attached hydrogens (tertiary/aromatic N) is 3. The Balaban J connectivity index is 3.36. The molecule has 5 nitrogen and oxygen atoms in total. The molecule has 7 heteroatoms. The summed E-state index contributed by atoms with van der Waals surface area (Å²) < 4.78 is 0. The van der Waals surface area contributed by atoms with E-state index in [1.165, 1.54) is 0 Å². The van der Waals surface area contributed by atoms with E-state index in [0.29, 0.717) is 0 Å². The molecule has 1 rings (SSSR count). The second-order valence-corrected chi connectivity index (χ2v) is 2.30. The van der Waals surface area contributed by atoms with Gasteiger partial charge < -0.3 is 5.73 Å². The van der Waals surface area contributed by atoms with Crippen molar-refractivity contribution in [3.05, 3.63) is 15.3 Å². The summed E-state index contributed by atoms with van der Waals surface area (Å²) >= 11 is 10.8. The van der Waals surface area contributed by atoms with Crippen molar-refractivity contribution < 1.29 is 0 Å². The average Bonchev–Trinajstić information content (AvgIpc) is 1.85. The summed E-state index contributed by atoms with van der Waals surface area (Å²) in [5.74, 6) is -0.120. The lowest BCUT2D eigenvalue weighted by molar-refractivity contribution is 1.16. The molecule has 0 spiro atoms. The molecule has 0 aliphatic carbocycles. The molecule has 0 aromatic carbocycles. The Labute approximate surface area is 71.5 Å². The van der Waals surface area contributed by atoms with E-state index >= 15 is 0 Å². The highest BCUT2D eigenvalue weighted by molar-refractivity contribution is 6.34. The van der Waals surface area contributed by atoms with Gasteiger partial charge in [-0.3, -0.25) is 0 Å². The molecule has 0 aliphatic rings. The van der Waals surface area contributed by atoms with Crippen molar-refractivity contribution in [2.75, 3.05) is 5.73 Å². The summed E-state index contributed by atoms with van der Waals surface area (Å²) in [6, 6.07) is 0. The predicted octanol–water partition coefficient (Wildman–Crippen LogP) is 1.76. The van der Waals surface area contributed by atoms with Crippen LogP contribution in [0, 0.1) is 4.91 Å². The van der Waals surface area contributed by atoms with Gasteiger partial charge in [0.05, 0.1) is 0 Å².